The first-order valence-corrected chi connectivity index (χ1v) is 10.6. The molecule has 2 aliphatic carbocycles. The molecule has 0 bridgehead atoms. The fraction of sp³-hybridized carbons (Fsp3) is 0.556. The standard InChI is InChI=1S/C27H36/c1-24(2,3)17-10-11-20-18(14-17)19-15-22-23(16-21(19)27(20,8)9)26(6,7)13-12-25(22,4)5/h10-11,14-16H,12-13H2,1-9H3. The third-order valence-corrected chi connectivity index (χ3v) is 7.51. The van der Waals surface area contributed by atoms with E-state index >= 15 is 0 Å². The summed E-state index contributed by atoms with van der Waals surface area (Å²) in [5, 5.41) is 0. The fourth-order valence-electron chi connectivity index (χ4n) is 5.28. The number of benzene rings is 2. The molecule has 0 nitrogen and oxygen atoms in total. The summed E-state index contributed by atoms with van der Waals surface area (Å²) in [6.45, 7) is 21.5. The minimum Gasteiger partial charge on any atom is -0.0582 e. The molecule has 0 saturated heterocycles. The lowest BCUT2D eigenvalue weighted by Crippen LogP contribution is -2.34. The maximum Gasteiger partial charge on any atom is 0.0158 e. The van der Waals surface area contributed by atoms with Crippen molar-refractivity contribution in [2.24, 2.45) is 0 Å². The van der Waals surface area contributed by atoms with E-state index in [-0.39, 0.29) is 21.7 Å². The first-order chi connectivity index (χ1) is 12.2. The lowest BCUT2D eigenvalue weighted by molar-refractivity contribution is 0.331. The van der Waals surface area contributed by atoms with Crippen molar-refractivity contribution in [1.29, 1.82) is 0 Å². The summed E-state index contributed by atoms with van der Waals surface area (Å²) in [6, 6.07) is 12.3. The van der Waals surface area contributed by atoms with E-state index in [4.69, 9.17) is 0 Å². The summed E-state index contributed by atoms with van der Waals surface area (Å²) in [5.41, 5.74) is 11.3. The molecule has 144 valence electrons. The van der Waals surface area contributed by atoms with E-state index in [1.807, 2.05) is 0 Å². The van der Waals surface area contributed by atoms with E-state index in [1.165, 1.54) is 40.7 Å². The van der Waals surface area contributed by atoms with Gasteiger partial charge in [0.15, 0.2) is 0 Å². The average molecular weight is 361 g/mol. The summed E-state index contributed by atoms with van der Waals surface area (Å²) in [6.07, 6.45) is 2.54. The molecule has 0 heterocycles. The normalized spacial score (nSPS) is 21.4. The van der Waals surface area contributed by atoms with Gasteiger partial charge < -0.3 is 0 Å². The van der Waals surface area contributed by atoms with Gasteiger partial charge in [-0.15, -0.1) is 0 Å². The van der Waals surface area contributed by atoms with E-state index in [2.05, 4.69) is 92.6 Å². The van der Waals surface area contributed by atoms with E-state index < -0.39 is 0 Å². The highest BCUT2D eigenvalue weighted by molar-refractivity contribution is 5.83. The van der Waals surface area contributed by atoms with Gasteiger partial charge in [-0.3, -0.25) is 0 Å². The molecule has 0 aliphatic heterocycles. The van der Waals surface area contributed by atoms with Gasteiger partial charge in [0.05, 0.1) is 0 Å². The zero-order valence-corrected chi connectivity index (χ0v) is 18.8. The molecule has 0 spiro atoms. The second-order valence-corrected chi connectivity index (χ2v) is 11.8. The van der Waals surface area contributed by atoms with Crippen molar-refractivity contribution < 1.29 is 0 Å². The van der Waals surface area contributed by atoms with Crippen LogP contribution in [0.25, 0.3) is 11.1 Å². The molecule has 4 rings (SSSR count). The van der Waals surface area contributed by atoms with E-state index in [9.17, 15) is 0 Å². The van der Waals surface area contributed by atoms with Gasteiger partial charge in [-0.25, -0.2) is 0 Å². The number of hydrogen-bond donors (Lipinski definition) is 0. The molecule has 0 N–H and O–H groups in total. The number of hydrogen-bond acceptors (Lipinski definition) is 0. The van der Waals surface area contributed by atoms with Gasteiger partial charge in [0.25, 0.3) is 0 Å². The van der Waals surface area contributed by atoms with Crippen molar-refractivity contribution in [2.75, 3.05) is 0 Å². The molecule has 0 radical (unpaired) electrons. The molecule has 0 amide bonds. The highest BCUT2D eigenvalue weighted by Crippen LogP contribution is 2.54. The molecule has 0 heteroatoms. The molecule has 2 aromatic rings. The van der Waals surface area contributed by atoms with Gasteiger partial charge in [0, 0.05) is 5.41 Å². The van der Waals surface area contributed by atoms with Crippen LogP contribution in [0.2, 0.25) is 0 Å². The second-order valence-electron chi connectivity index (χ2n) is 11.8. The number of rotatable bonds is 0. The third kappa shape index (κ3) is 2.63. The maximum atomic E-state index is 2.57. The van der Waals surface area contributed by atoms with Crippen molar-refractivity contribution in [1.82, 2.24) is 0 Å². The molecular weight excluding hydrogens is 324 g/mol. The minimum absolute atomic E-state index is 0.0772. The molecule has 0 saturated carbocycles. The van der Waals surface area contributed by atoms with Crippen LogP contribution < -0.4 is 0 Å². The number of fused-ring (bicyclic) bond motifs is 4. The Balaban J connectivity index is 2.03. The zero-order valence-electron chi connectivity index (χ0n) is 18.8. The average Bonchev–Trinajstić information content (AvgIpc) is 2.78. The van der Waals surface area contributed by atoms with Crippen LogP contribution in [0.3, 0.4) is 0 Å². The molecular formula is C27H36. The van der Waals surface area contributed by atoms with Crippen LogP contribution in [0, 0.1) is 0 Å². The SMILES string of the molecule is CC(C)(C)c1ccc2c(c1)-c1cc3c(cc1C2(C)C)C(C)(C)CCC3(C)C. The van der Waals surface area contributed by atoms with Crippen molar-refractivity contribution in [2.45, 2.75) is 96.8 Å². The Hall–Kier alpha value is -1.56. The highest BCUT2D eigenvalue weighted by atomic mass is 14.5. The van der Waals surface area contributed by atoms with Gasteiger partial charge in [-0.05, 0) is 74.1 Å². The summed E-state index contributed by atoms with van der Waals surface area (Å²) in [4.78, 5) is 0. The van der Waals surface area contributed by atoms with Crippen molar-refractivity contribution in [3.63, 3.8) is 0 Å². The smallest absolute Gasteiger partial charge is 0.0158 e. The van der Waals surface area contributed by atoms with Crippen molar-refractivity contribution in [3.8, 4) is 11.1 Å². The lowest BCUT2D eigenvalue weighted by Gasteiger charge is -2.42. The van der Waals surface area contributed by atoms with Gasteiger partial charge >= 0.3 is 0 Å². The summed E-state index contributed by atoms with van der Waals surface area (Å²) in [7, 11) is 0. The Bertz CT molecular complexity index is 929. The fourth-order valence-corrected chi connectivity index (χ4v) is 5.28. The predicted octanol–water partition coefficient (Wildman–Crippen LogP) is 7.64. The van der Waals surface area contributed by atoms with Gasteiger partial charge in [-0.1, -0.05) is 86.6 Å². The summed E-state index contributed by atoms with van der Waals surface area (Å²) in [5.74, 6) is 0. The Labute approximate surface area is 166 Å². The van der Waals surface area contributed by atoms with Crippen LogP contribution in [0.15, 0.2) is 30.3 Å². The molecule has 2 aliphatic rings. The van der Waals surface area contributed by atoms with Gasteiger partial charge in [-0.2, -0.15) is 0 Å². The first-order valence-electron chi connectivity index (χ1n) is 10.6. The summed E-state index contributed by atoms with van der Waals surface area (Å²) >= 11 is 0. The van der Waals surface area contributed by atoms with E-state index in [0.717, 1.165) is 0 Å². The molecule has 0 atom stereocenters. The largest absolute Gasteiger partial charge is 0.0582 e. The Kier molecular flexibility index (Phi) is 3.67. The van der Waals surface area contributed by atoms with Crippen molar-refractivity contribution in [3.05, 3.63) is 58.1 Å². The molecule has 0 fully saturated rings. The van der Waals surface area contributed by atoms with Crippen LogP contribution in [0.5, 0.6) is 0 Å². The predicted molar refractivity (Wildman–Crippen MR) is 118 cm³/mol. The van der Waals surface area contributed by atoms with Crippen LogP contribution in [-0.2, 0) is 21.7 Å². The quantitative estimate of drug-likeness (QED) is 0.453. The summed E-state index contributed by atoms with van der Waals surface area (Å²) < 4.78 is 0. The van der Waals surface area contributed by atoms with E-state index in [1.54, 1.807) is 11.1 Å². The molecule has 0 unspecified atom stereocenters. The Morgan fingerprint density at radius 3 is 1.70 bits per heavy atom. The molecule has 27 heavy (non-hydrogen) atoms. The monoisotopic (exact) mass is 360 g/mol. The highest BCUT2D eigenvalue weighted by Gasteiger charge is 2.42. The van der Waals surface area contributed by atoms with Crippen LogP contribution in [0.4, 0.5) is 0 Å². The van der Waals surface area contributed by atoms with Gasteiger partial charge in [0.2, 0.25) is 0 Å². The Morgan fingerprint density at radius 2 is 1.15 bits per heavy atom. The third-order valence-electron chi connectivity index (χ3n) is 7.51. The molecule has 2 aromatic carbocycles. The zero-order chi connectivity index (χ0) is 20.0. The van der Waals surface area contributed by atoms with Crippen LogP contribution in [0.1, 0.15) is 103 Å². The van der Waals surface area contributed by atoms with Gasteiger partial charge in [0.1, 0.15) is 0 Å². The topological polar surface area (TPSA) is 0 Å². The second kappa shape index (κ2) is 5.28. The Morgan fingerprint density at radius 1 is 0.630 bits per heavy atom. The molecule has 0 aromatic heterocycles. The lowest BCUT2D eigenvalue weighted by atomic mass is 9.62. The van der Waals surface area contributed by atoms with Crippen molar-refractivity contribution >= 4 is 0 Å². The first kappa shape index (κ1) is 18.8. The minimum atomic E-state index is 0.0772. The maximum absolute atomic E-state index is 2.57. The van der Waals surface area contributed by atoms with Crippen LogP contribution >= 0.6 is 0 Å². The van der Waals surface area contributed by atoms with Crippen LogP contribution in [-0.4, -0.2) is 0 Å². The van der Waals surface area contributed by atoms with E-state index in [0.29, 0.717) is 0 Å².